The third-order valence-corrected chi connectivity index (χ3v) is 2.92. The van der Waals surface area contributed by atoms with Crippen molar-refractivity contribution in [2.24, 2.45) is 5.73 Å². The van der Waals surface area contributed by atoms with E-state index in [2.05, 4.69) is 15.9 Å². The van der Waals surface area contributed by atoms with Crippen LogP contribution in [0, 0.1) is 0 Å². The van der Waals surface area contributed by atoms with E-state index in [0.29, 0.717) is 6.07 Å². The molecule has 0 aliphatic heterocycles. The van der Waals surface area contributed by atoms with Crippen LogP contribution < -0.4 is 5.73 Å². The molecule has 0 aliphatic carbocycles. The van der Waals surface area contributed by atoms with E-state index in [-0.39, 0.29) is 10.0 Å². The maximum Gasteiger partial charge on any atom is 0.417 e. The minimum Gasteiger partial charge on any atom is -0.385 e. The first-order chi connectivity index (χ1) is 8.14. The molecule has 1 aromatic rings. The molecule has 18 heavy (non-hydrogen) atoms. The second-order valence-corrected chi connectivity index (χ2v) is 4.38. The van der Waals surface area contributed by atoms with Crippen molar-refractivity contribution in [1.29, 1.82) is 0 Å². The third kappa shape index (κ3) is 3.21. The molecule has 0 heterocycles. The normalized spacial score (nSPS) is 15.2. The number of primary amides is 1. The van der Waals surface area contributed by atoms with E-state index in [0.717, 1.165) is 12.1 Å². The van der Waals surface area contributed by atoms with Gasteiger partial charge >= 0.3 is 6.18 Å². The Morgan fingerprint density at radius 3 is 2.33 bits per heavy atom. The lowest BCUT2D eigenvalue weighted by Crippen LogP contribution is -2.34. The van der Waals surface area contributed by atoms with Gasteiger partial charge in [-0.25, -0.2) is 0 Å². The highest BCUT2D eigenvalue weighted by Crippen LogP contribution is 2.36. The second-order valence-electron chi connectivity index (χ2n) is 3.53. The van der Waals surface area contributed by atoms with Crippen LogP contribution in [-0.2, 0) is 11.0 Å². The van der Waals surface area contributed by atoms with E-state index in [4.69, 9.17) is 5.73 Å². The van der Waals surface area contributed by atoms with E-state index in [1.165, 1.54) is 0 Å². The van der Waals surface area contributed by atoms with Gasteiger partial charge in [-0.3, -0.25) is 4.79 Å². The van der Waals surface area contributed by atoms with Crippen LogP contribution in [0.2, 0.25) is 0 Å². The largest absolute Gasteiger partial charge is 0.417 e. The molecule has 0 saturated heterocycles. The molecule has 0 aliphatic rings. The lowest BCUT2D eigenvalue weighted by Gasteiger charge is -2.17. The Morgan fingerprint density at radius 2 is 1.89 bits per heavy atom. The Balaban J connectivity index is 3.17. The van der Waals surface area contributed by atoms with Gasteiger partial charge in [0.25, 0.3) is 0 Å². The summed E-state index contributed by atoms with van der Waals surface area (Å²) in [5, 5.41) is 18.7. The Bertz CT molecular complexity index is 464. The summed E-state index contributed by atoms with van der Waals surface area (Å²) in [7, 11) is 0. The Morgan fingerprint density at radius 1 is 1.33 bits per heavy atom. The number of alkyl halides is 3. The molecule has 0 fully saturated rings. The fraction of sp³-hybridized carbons (Fsp3) is 0.300. The highest BCUT2D eigenvalue weighted by molar-refractivity contribution is 9.10. The molecule has 100 valence electrons. The Kier molecular flexibility index (Phi) is 4.36. The third-order valence-electron chi connectivity index (χ3n) is 2.23. The van der Waals surface area contributed by atoms with E-state index >= 15 is 0 Å². The average molecular weight is 328 g/mol. The first-order valence-electron chi connectivity index (χ1n) is 4.66. The Labute approximate surface area is 108 Å². The van der Waals surface area contributed by atoms with Crippen molar-refractivity contribution in [1.82, 2.24) is 0 Å². The van der Waals surface area contributed by atoms with Crippen LogP contribution in [0.3, 0.4) is 0 Å². The smallest absolute Gasteiger partial charge is 0.385 e. The molecule has 0 spiro atoms. The fourth-order valence-corrected chi connectivity index (χ4v) is 1.75. The van der Waals surface area contributed by atoms with Crippen LogP contribution in [0.1, 0.15) is 17.2 Å². The lowest BCUT2D eigenvalue weighted by atomic mass is 10.0. The number of aliphatic hydroxyl groups is 2. The van der Waals surface area contributed by atoms with Crippen molar-refractivity contribution in [2.75, 3.05) is 0 Å². The molecule has 0 saturated carbocycles. The zero-order valence-electron chi connectivity index (χ0n) is 8.78. The number of nitrogens with two attached hydrogens (primary N) is 1. The van der Waals surface area contributed by atoms with Crippen molar-refractivity contribution in [2.45, 2.75) is 18.4 Å². The average Bonchev–Trinajstić information content (AvgIpc) is 2.26. The molecule has 2 unspecified atom stereocenters. The van der Waals surface area contributed by atoms with Crippen LogP contribution in [0.5, 0.6) is 0 Å². The summed E-state index contributed by atoms with van der Waals surface area (Å²) in [4.78, 5) is 10.6. The van der Waals surface area contributed by atoms with Crippen LogP contribution in [0.4, 0.5) is 13.2 Å². The van der Waals surface area contributed by atoms with E-state index < -0.39 is 29.9 Å². The molecule has 4 N–H and O–H groups in total. The molecular weight excluding hydrogens is 319 g/mol. The van der Waals surface area contributed by atoms with Crippen molar-refractivity contribution in [3.63, 3.8) is 0 Å². The second kappa shape index (κ2) is 5.25. The Hall–Kier alpha value is -1.12. The molecule has 8 heteroatoms. The molecule has 1 rings (SSSR count). The van der Waals surface area contributed by atoms with E-state index in [9.17, 15) is 28.2 Å². The van der Waals surface area contributed by atoms with Gasteiger partial charge in [-0.05, 0) is 17.7 Å². The molecule has 1 aromatic carbocycles. The minimum atomic E-state index is -4.62. The number of rotatable bonds is 3. The van der Waals surface area contributed by atoms with Gasteiger partial charge in [0.1, 0.15) is 6.10 Å². The minimum absolute atomic E-state index is 0.209. The maximum absolute atomic E-state index is 12.6. The van der Waals surface area contributed by atoms with Crippen molar-refractivity contribution >= 4 is 21.8 Å². The van der Waals surface area contributed by atoms with E-state index in [1.54, 1.807) is 0 Å². The first-order valence-corrected chi connectivity index (χ1v) is 5.46. The summed E-state index contributed by atoms with van der Waals surface area (Å²) < 4.78 is 37.5. The topological polar surface area (TPSA) is 83.6 Å². The van der Waals surface area contributed by atoms with Gasteiger partial charge in [0.2, 0.25) is 5.91 Å². The van der Waals surface area contributed by atoms with Crippen LogP contribution in [0.25, 0.3) is 0 Å². The highest BCUT2D eigenvalue weighted by atomic mass is 79.9. The zero-order valence-corrected chi connectivity index (χ0v) is 10.4. The van der Waals surface area contributed by atoms with Crippen LogP contribution in [0.15, 0.2) is 22.7 Å². The number of hydrogen-bond donors (Lipinski definition) is 3. The summed E-state index contributed by atoms with van der Waals surface area (Å²) in [6.45, 7) is 0. The molecule has 0 radical (unpaired) electrons. The molecule has 4 nitrogen and oxygen atoms in total. The number of amides is 1. The summed E-state index contributed by atoms with van der Waals surface area (Å²) in [6.07, 6.45) is -8.39. The van der Waals surface area contributed by atoms with Gasteiger partial charge in [0.15, 0.2) is 6.10 Å². The monoisotopic (exact) mass is 327 g/mol. The fourth-order valence-electron chi connectivity index (χ4n) is 1.28. The van der Waals surface area contributed by atoms with Gasteiger partial charge in [-0.2, -0.15) is 13.2 Å². The molecule has 0 aromatic heterocycles. The molecule has 0 bridgehead atoms. The zero-order chi connectivity index (χ0) is 14.1. The number of aliphatic hydroxyl groups excluding tert-OH is 2. The number of carbonyl (C=O) groups excluding carboxylic acids is 1. The molecular formula is C10H9BrF3NO3. The predicted octanol–water partition coefficient (Wildman–Crippen LogP) is 1.35. The van der Waals surface area contributed by atoms with Crippen molar-refractivity contribution < 1.29 is 28.2 Å². The SMILES string of the molecule is NC(=O)C(O)C(O)c1ccc(Br)c(C(F)(F)F)c1. The number of carbonyl (C=O) groups is 1. The highest BCUT2D eigenvalue weighted by Gasteiger charge is 2.34. The van der Waals surface area contributed by atoms with Gasteiger partial charge < -0.3 is 15.9 Å². The van der Waals surface area contributed by atoms with Crippen LogP contribution >= 0.6 is 15.9 Å². The number of hydrogen-bond acceptors (Lipinski definition) is 3. The van der Waals surface area contributed by atoms with Gasteiger partial charge in [-0.15, -0.1) is 0 Å². The number of halogens is 4. The van der Waals surface area contributed by atoms with E-state index in [1.807, 2.05) is 0 Å². The predicted molar refractivity (Wildman–Crippen MR) is 59.3 cm³/mol. The quantitative estimate of drug-likeness (QED) is 0.783. The summed E-state index contributed by atoms with van der Waals surface area (Å²) in [5.41, 5.74) is 3.48. The van der Waals surface area contributed by atoms with Gasteiger partial charge in [0.05, 0.1) is 5.56 Å². The maximum atomic E-state index is 12.6. The van der Waals surface area contributed by atoms with Gasteiger partial charge in [0, 0.05) is 4.47 Å². The van der Waals surface area contributed by atoms with Gasteiger partial charge in [-0.1, -0.05) is 22.0 Å². The number of benzene rings is 1. The lowest BCUT2D eigenvalue weighted by molar-refractivity contribution is -0.138. The summed E-state index contributed by atoms with van der Waals surface area (Å²) in [6, 6.07) is 2.85. The summed E-state index contributed by atoms with van der Waals surface area (Å²) in [5.74, 6) is -1.22. The summed E-state index contributed by atoms with van der Waals surface area (Å²) >= 11 is 2.73. The molecule has 1 amide bonds. The van der Waals surface area contributed by atoms with Crippen LogP contribution in [-0.4, -0.2) is 22.2 Å². The first kappa shape index (κ1) is 14.9. The van der Waals surface area contributed by atoms with Crippen molar-refractivity contribution in [3.8, 4) is 0 Å². The standard InChI is InChI=1S/C10H9BrF3NO3/c11-6-2-1-4(3-5(6)10(12,13)14)7(16)8(17)9(15)18/h1-3,7-8,16-17H,(H2,15,18). The molecule has 2 atom stereocenters. The van der Waals surface area contributed by atoms with Crippen molar-refractivity contribution in [3.05, 3.63) is 33.8 Å².